The molecule has 0 bridgehead atoms. The van der Waals surface area contributed by atoms with Crippen LogP contribution in [0.2, 0.25) is 0 Å². The third-order valence-electron chi connectivity index (χ3n) is 3.54. The Morgan fingerprint density at radius 1 is 1.20 bits per heavy atom. The number of anilines is 1. The minimum Gasteiger partial charge on any atom is -0.345 e. The average molecular weight is 265 g/mol. The summed E-state index contributed by atoms with van der Waals surface area (Å²) < 4.78 is 0. The van der Waals surface area contributed by atoms with Crippen LogP contribution in [0.1, 0.15) is 21.5 Å². The quantitative estimate of drug-likeness (QED) is 0.745. The molecule has 0 spiro atoms. The van der Waals surface area contributed by atoms with Crippen molar-refractivity contribution in [3.63, 3.8) is 0 Å². The second-order valence-electron chi connectivity index (χ2n) is 4.84. The molecule has 1 amide bonds. The molecule has 3 rings (SSSR count). The van der Waals surface area contributed by atoms with E-state index in [0.717, 1.165) is 27.8 Å². The normalized spacial score (nSPS) is 10.7. The molecule has 100 valence electrons. The number of amides is 1. The highest BCUT2D eigenvalue weighted by molar-refractivity contribution is 6.06. The summed E-state index contributed by atoms with van der Waals surface area (Å²) in [5, 5.41) is 2.95. The summed E-state index contributed by atoms with van der Waals surface area (Å²) in [6.07, 6.45) is 1.62. The number of imidazole rings is 1. The number of nitrogens with zero attached hydrogens (tertiary/aromatic N) is 1. The fourth-order valence-electron chi connectivity index (χ4n) is 2.16. The van der Waals surface area contributed by atoms with Crippen molar-refractivity contribution in [3.05, 3.63) is 59.4 Å². The molecule has 0 fully saturated rings. The van der Waals surface area contributed by atoms with Gasteiger partial charge in [-0.2, -0.15) is 0 Å². The first kappa shape index (κ1) is 12.4. The van der Waals surface area contributed by atoms with Crippen LogP contribution in [0, 0.1) is 13.8 Å². The van der Waals surface area contributed by atoms with Crippen molar-refractivity contribution >= 4 is 22.6 Å². The minimum atomic E-state index is -0.116. The molecule has 1 aromatic heterocycles. The first-order valence-corrected chi connectivity index (χ1v) is 6.46. The number of nitrogens with one attached hydrogen (secondary N) is 2. The Labute approximate surface area is 116 Å². The molecule has 0 saturated carbocycles. The van der Waals surface area contributed by atoms with Crippen LogP contribution >= 0.6 is 0 Å². The maximum atomic E-state index is 12.3. The molecular weight excluding hydrogens is 250 g/mol. The number of carbonyl (C=O) groups excluding carboxylic acids is 1. The zero-order chi connectivity index (χ0) is 14.1. The van der Waals surface area contributed by atoms with Crippen LogP contribution < -0.4 is 5.32 Å². The van der Waals surface area contributed by atoms with Crippen molar-refractivity contribution in [2.24, 2.45) is 0 Å². The van der Waals surface area contributed by atoms with Crippen molar-refractivity contribution in [1.29, 1.82) is 0 Å². The summed E-state index contributed by atoms with van der Waals surface area (Å²) in [6.45, 7) is 4.03. The van der Waals surface area contributed by atoms with Crippen LogP contribution in [0.25, 0.3) is 11.0 Å². The maximum absolute atomic E-state index is 12.3. The predicted molar refractivity (Wildman–Crippen MR) is 80.0 cm³/mol. The van der Waals surface area contributed by atoms with Gasteiger partial charge in [-0.05, 0) is 49.2 Å². The van der Waals surface area contributed by atoms with Gasteiger partial charge < -0.3 is 10.3 Å². The van der Waals surface area contributed by atoms with E-state index in [4.69, 9.17) is 0 Å². The maximum Gasteiger partial charge on any atom is 0.255 e. The fraction of sp³-hybridized carbons (Fsp3) is 0.125. The Morgan fingerprint density at radius 3 is 2.90 bits per heavy atom. The Kier molecular flexibility index (Phi) is 2.99. The van der Waals surface area contributed by atoms with Gasteiger partial charge in [0, 0.05) is 11.3 Å². The van der Waals surface area contributed by atoms with E-state index >= 15 is 0 Å². The van der Waals surface area contributed by atoms with Crippen LogP contribution in [0.4, 0.5) is 5.69 Å². The van der Waals surface area contributed by atoms with E-state index in [1.807, 2.05) is 44.2 Å². The molecule has 4 nitrogen and oxygen atoms in total. The molecule has 0 aliphatic carbocycles. The van der Waals surface area contributed by atoms with E-state index in [1.165, 1.54) is 0 Å². The van der Waals surface area contributed by atoms with Crippen LogP contribution in [0.15, 0.2) is 42.7 Å². The molecule has 1 heterocycles. The molecule has 20 heavy (non-hydrogen) atoms. The van der Waals surface area contributed by atoms with Gasteiger partial charge in [-0.3, -0.25) is 4.79 Å². The number of hydrogen-bond donors (Lipinski definition) is 2. The third-order valence-corrected chi connectivity index (χ3v) is 3.54. The van der Waals surface area contributed by atoms with Gasteiger partial charge in [0.2, 0.25) is 0 Å². The van der Waals surface area contributed by atoms with Gasteiger partial charge in [-0.25, -0.2) is 4.98 Å². The Bertz CT molecular complexity index is 789. The molecule has 2 aromatic carbocycles. The zero-order valence-electron chi connectivity index (χ0n) is 11.4. The van der Waals surface area contributed by atoms with Crippen molar-refractivity contribution in [3.8, 4) is 0 Å². The molecule has 0 aliphatic heterocycles. The van der Waals surface area contributed by atoms with Gasteiger partial charge in [0.05, 0.1) is 17.4 Å². The highest BCUT2D eigenvalue weighted by atomic mass is 16.1. The third kappa shape index (κ3) is 2.16. The molecule has 4 heteroatoms. The van der Waals surface area contributed by atoms with Crippen LogP contribution in [0.5, 0.6) is 0 Å². The topological polar surface area (TPSA) is 57.8 Å². The molecule has 0 radical (unpaired) electrons. The van der Waals surface area contributed by atoms with Crippen molar-refractivity contribution < 1.29 is 4.79 Å². The summed E-state index contributed by atoms with van der Waals surface area (Å²) in [5.74, 6) is -0.116. The number of aromatic nitrogens is 2. The van der Waals surface area contributed by atoms with E-state index < -0.39 is 0 Å². The molecule has 0 saturated heterocycles. The lowest BCUT2D eigenvalue weighted by molar-refractivity contribution is 0.102. The predicted octanol–water partition coefficient (Wildman–Crippen LogP) is 3.43. The molecule has 0 atom stereocenters. The number of aromatic amines is 1. The Morgan fingerprint density at radius 2 is 2.05 bits per heavy atom. The number of aryl methyl sites for hydroxylation is 1. The van der Waals surface area contributed by atoms with E-state index in [2.05, 4.69) is 15.3 Å². The van der Waals surface area contributed by atoms with E-state index in [1.54, 1.807) is 12.4 Å². The molecule has 2 N–H and O–H groups in total. The average Bonchev–Trinajstić information content (AvgIpc) is 2.91. The molecule has 3 aromatic rings. The lowest BCUT2D eigenvalue weighted by Crippen LogP contribution is -2.13. The Hall–Kier alpha value is -2.62. The summed E-state index contributed by atoms with van der Waals surface area (Å²) in [6, 6.07) is 11.3. The van der Waals surface area contributed by atoms with Gasteiger partial charge >= 0.3 is 0 Å². The minimum absolute atomic E-state index is 0.116. The number of rotatable bonds is 2. The van der Waals surface area contributed by atoms with Crippen LogP contribution in [-0.2, 0) is 0 Å². The second-order valence-corrected chi connectivity index (χ2v) is 4.84. The van der Waals surface area contributed by atoms with Gasteiger partial charge in [0.1, 0.15) is 0 Å². The smallest absolute Gasteiger partial charge is 0.255 e. The zero-order valence-corrected chi connectivity index (χ0v) is 11.4. The monoisotopic (exact) mass is 265 g/mol. The number of carbonyl (C=O) groups is 1. The van der Waals surface area contributed by atoms with E-state index in [9.17, 15) is 4.79 Å². The lowest BCUT2D eigenvalue weighted by atomic mass is 10.1. The second kappa shape index (κ2) is 4.81. The first-order valence-electron chi connectivity index (χ1n) is 6.46. The van der Waals surface area contributed by atoms with Crippen molar-refractivity contribution in [2.75, 3.05) is 5.32 Å². The Balaban J connectivity index is 1.90. The van der Waals surface area contributed by atoms with Gasteiger partial charge in [-0.15, -0.1) is 0 Å². The summed E-state index contributed by atoms with van der Waals surface area (Å²) >= 11 is 0. The first-order chi connectivity index (χ1) is 9.65. The van der Waals surface area contributed by atoms with Crippen LogP contribution in [-0.4, -0.2) is 15.9 Å². The van der Waals surface area contributed by atoms with Gasteiger partial charge in [-0.1, -0.05) is 12.1 Å². The van der Waals surface area contributed by atoms with E-state index in [0.29, 0.717) is 5.56 Å². The highest BCUT2D eigenvalue weighted by Crippen LogP contribution is 2.19. The van der Waals surface area contributed by atoms with Gasteiger partial charge in [0.15, 0.2) is 0 Å². The van der Waals surface area contributed by atoms with Crippen molar-refractivity contribution in [2.45, 2.75) is 13.8 Å². The summed E-state index contributed by atoms with van der Waals surface area (Å²) in [4.78, 5) is 19.4. The standard InChI is InChI=1S/C16H15N3O/c1-10-4-3-5-13(11(10)2)19-16(20)12-6-7-14-15(8-12)18-9-17-14/h3-9H,1-2H3,(H,17,18)(H,19,20). The highest BCUT2D eigenvalue weighted by Gasteiger charge is 2.09. The SMILES string of the molecule is Cc1cccc(NC(=O)c2ccc3nc[nH]c3c2)c1C. The number of hydrogen-bond acceptors (Lipinski definition) is 2. The molecular formula is C16H15N3O. The summed E-state index contributed by atoms with van der Waals surface area (Å²) in [7, 11) is 0. The summed E-state index contributed by atoms with van der Waals surface area (Å²) in [5.41, 5.74) is 5.42. The molecule has 0 aliphatic rings. The lowest BCUT2D eigenvalue weighted by Gasteiger charge is -2.10. The molecule has 0 unspecified atom stereocenters. The number of benzene rings is 2. The number of H-pyrrole nitrogens is 1. The largest absolute Gasteiger partial charge is 0.345 e. The van der Waals surface area contributed by atoms with E-state index in [-0.39, 0.29) is 5.91 Å². The van der Waals surface area contributed by atoms with Gasteiger partial charge in [0.25, 0.3) is 5.91 Å². The van der Waals surface area contributed by atoms with Crippen molar-refractivity contribution in [1.82, 2.24) is 9.97 Å². The fourth-order valence-corrected chi connectivity index (χ4v) is 2.16. The van der Waals surface area contributed by atoms with Crippen LogP contribution in [0.3, 0.4) is 0 Å². The number of fused-ring (bicyclic) bond motifs is 1.